The molecule has 2 aromatic rings. The van der Waals surface area contributed by atoms with Gasteiger partial charge < -0.3 is 29.2 Å². The lowest BCUT2D eigenvalue weighted by Gasteiger charge is -2.34. The SMILES string of the molecule is COc1ccc(NC(=O)N2CCN(Cc3ccc4c(c3)OCO4)CC2)c(OC)c1. The number of hydrogen-bond donors (Lipinski definition) is 1. The first-order valence-corrected chi connectivity index (χ1v) is 9.55. The van der Waals surface area contributed by atoms with Gasteiger partial charge in [0.2, 0.25) is 6.79 Å². The summed E-state index contributed by atoms with van der Waals surface area (Å²) >= 11 is 0. The molecule has 0 bridgehead atoms. The van der Waals surface area contributed by atoms with Crippen LogP contribution in [0.25, 0.3) is 0 Å². The van der Waals surface area contributed by atoms with Gasteiger partial charge in [-0.3, -0.25) is 4.90 Å². The van der Waals surface area contributed by atoms with Gasteiger partial charge in [0.15, 0.2) is 11.5 Å². The van der Waals surface area contributed by atoms with E-state index in [1.165, 1.54) is 5.56 Å². The van der Waals surface area contributed by atoms with Crippen molar-refractivity contribution in [2.24, 2.45) is 0 Å². The van der Waals surface area contributed by atoms with Gasteiger partial charge in [-0.05, 0) is 29.8 Å². The first-order chi connectivity index (χ1) is 14.2. The average Bonchev–Trinajstić information content (AvgIpc) is 3.22. The maximum absolute atomic E-state index is 12.7. The van der Waals surface area contributed by atoms with E-state index in [-0.39, 0.29) is 12.8 Å². The quantitative estimate of drug-likeness (QED) is 0.834. The fraction of sp³-hybridized carbons (Fsp3) is 0.381. The topological polar surface area (TPSA) is 72.5 Å². The maximum Gasteiger partial charge on any atom is 0.322 e. The van der Waals surface area contributed by atoms with E-state index >= 15 is 0 Å². The fourth-order valence-electron chi connectivity index (χ4n) is 3.50. The van der Waals surface area contributed by atoms with E-state index in [1.54, 1.807) is 32.4 Å². The zero-order valence-corrected chi connectivity index (χ0v) is 16.6. The van der Waals surface area contributed by atoms with Crippen LogP contribution in [0.3, 0.4) is 0 Å². The molecular weight excluding hydrogens is 374 g/mol. The van der Waals surface area contributed by atoms with Crippen molar-refractivity contribution in [1.29, 1.82) is 0 Å². The fourth-order valence-corrected chi connectivity index (χ4v) is 3.50. The van der Waals surface area contributed by atoms with Gasteiger partial charge in [-0.25, -0.2) is 4.79 Å². The van der Waals surface area contributed by atoms with Crippen molar-refractivity contribution in [3.8, 4) is 23.0 Å². The van der Waals surface area contributed by atoms with E-state index in [2.05, 4.69) is 16.3 Å². The lowest BCUT2D eigenvalue weighted by Crippen LogP contribution is -2.49. The number of carbonyl (C=O) groups excluding carboxylic acids is 1. The largest absolute Gasteiger partial charge is 0.497 e. The second-order valence-corrected chi connectivity index (χ2v) is 6.95. The highest BCUT2D eigenvalue weighted by atomic mass is 16.7. The molecule has 0 spiro atoms. The highest BCUT2D eigenvalue weighted by Gasteiger charge is 2.23. The second-order valence-electron chi connectivity index (χ2n) is 6.95. The number of anilines is 1. The number of nitrogens with zero attached hydrogens (tertiary/aromatic N) is 2. The van der Waals surface area contributed by atoms with Crippen LogP contribution in [0.2, 0.25) is 0 Å². The summed E-state index contributed by atoms with van der Waals surface area (Å²) in [6.07, 6.45) is 0. The number of ether oxygens (including phenoxy) is 4. The lowest BCUT2D eigenvalue weighted by atomic mass is 10.1. The van der Waals surface area contributed by atoms with Gasteiger partial charge in [0, 0.05) is 38.8 Å². The normalized spacial score (nSPS) is 15.9. The zero-order valence-electron chi connectivity index (χ0n) is 16.6. The number of carbonyl (C=O) groups is 1. The molecule has 0 radical (unpaired) electrons. The Balaban J connectivity index is 1.31. The van der Waals surface area contributed by atoms with E-state index in [4.69, 9.17) is 18.9 Å². The Morgan fingerprint density at radius 2 is 1.79 bits per heavy atom. The van der Waals surface area contributed by atoms with Gasteiger partial charge in [-0.15, -0.1) is 0 Å². The molecule has 2 heterocycles. The number of benzene rings is 2. The number of rotatable bonds is 5. The molecule has 29 heavy (non-hydrogen) atoms. The van der Waals surface area contributed by atoms with Crippen molar-refractivity contribution in [3.05, 3.63) is 42.0 Å². The smallest absolute Gasteiger partial charge is 0.322 e. The molecule has 1 saturated heterocycles. The molecule has 0 aromatic heterocycles. The Bertz CT molecular complexity index is 881. The van der Waals surface area contributed by atoms with Crippen molar-refractivity contribution >= 4 is 11.7 Å². The Kier molecular flexibility index (Phi) is 5.62. The third-order valence-corrected chi connectivity index (χ3v) is 5.15. The molecule has 0 saturated carbocycles. The number of amides is 2. The van der Waals surface area contributed by atoms with E-state index in [0.29, 0.717) is 30.3 Å². The Morgan fingerprint density at radius 3 is 2.55 bits per heavy atom. The van der Waals surface area contributed by atoms with Crippen LogP contribution in [0, 0.1) is 0 Å². The van der Waals surface area contributed by atoms with Crippen LogP contribution in [0.1, 0.15) is 5.56 Å². The summed E-state index contributed by atoms with van der Waals surface area (Å²) in [6.45, 7) is 4.04. The second kappa shape index (κ2) is 8.48. The molecule has 8 heteroatoms. The van der Waals surface area contributed by atoms with Gasteiger partial charge in [0.05, 0.1) is 19.9 Å². The van der Waals surface area contributed by atoms with Crippen molar-refractivity contribution in [2.75, 3.05) is 52.5 Å². The minimum absolute atomic E-state index is 0.129. The standard InChI is InChI=1S/C21H25N3O5/c1-26-16-4-5-17(19(12-16)27-2)22-21(25)24-9-7-23(8-10-24)13-15-3-6-18-20(11-15)29-14-28-18/h3-6,11-12H,7-10,13-14H2,1-2H3,(H,22,25). The van der Waals surface area contributed by atoms with Crippen LogP contribution in [-0.4, -0.2) is 63.0 Å². The number of urea groups is 1. The summed E-state index contributed by atoms with van der Waals surface area (Å²) in [5, 5.41) is 2.93. The van der Waals surface area contributed by atoms with Crippen LogP contribution >= 0.6 is 0 Å². The van der Waals surface area contributed by atoms with E-state index in [9.17, 15) is 4.79 Å². The molecule has 0 unspecified atom stereocenters. The molecular formula is C21H25N3O5. The average molecular weight is 399 g/mol. The van der Waals surface area contributed by atoms with E-state index < -0.39 is 0 Å². The Labute approximate surface area is 169 Å². The summed E-state index contributed by atoms with van der Waals surface area (Å²) in [4.78, 5) is 16.8. The summed E-state index contributed by atoms with van der Waals surface area (Å²) < 4.78 is 21.4. The first-order valence-electron chi connectivity index (χ1n) is 9.55. The first kappa shape index (κ1) is 19.2. The lowest BCUT2D eigenvalue weighted by molar-refractivity contribution is 0.143. The molecule has 2 aromatic carbocycles. The van der Waals surface area contributed by atoms with Crippen molar-refractivity contribution < 1.29 is 23.7 Å². The molecule has 2 aliphatic heterocycles. The molecule has 2 amide bonds. The van der Waals surface area contributed by atoms with Crippen LogP contribution in [0.4, 0.5) is 10.5 Å². The molecule has 8 nitrogen and oxygen atoms in total. The van der Waals surface area contributed by atoms with Gasteiger partial charge >= 0.3 is 6.03 Å². The molecule has 1 fully saturated rings. The monoisotopic (exact) mass is 399 g/mol. The van der Waals surface area contributed by atoms with Gasteiger partial charge in [0.1, 0.15) is 11.5 Å². The Hall–Kier alpha value is -3.13. The van der Waals surface area contributed by atoms with Gasteiger partial charge in [-0.1, -0.05) is 6.07 Å². The van der Waals surface area contributed by atoms with Gasteiger partial charge in [-0.2, -0.15) is 0 Å². The number of fused-ring (bicyclic) bond motifs is 1. The summed E-state index contributed by atoms with van der Waals surface area (Å²) in [7, 11) is 3.16. The maximum atomic E-state index is 12.7. The minimum Gasteiger partial charge on any atom is -0.497 e. The number of nitrogens with one attached hydrogen (secondary N) is 1. The van der Waals surface area contributed by atoms with Crippen molar-refractivity contribution in [1.82, 2.24) is 9.80 Å². The Morgan fingerprint density at radius 1 is 1.00 bits per heavy atom. The van der Waals surface area contributed by atoms with Crippen LogP contribution in [0.5, 0.6) is 23.0 Å². The third kappa shape index (κ3) is 4.32. The molecule has 1 N–H and O–H groups in total. The molecule has 0 aliphatic carbocycles. The van der Waals surface area contributed by atoms with Crippen molar-refractivity contribution in [2.45, 2.75) is 6.54 Å². The molecule has 0 atom stereocenters. The molecule has 154 valence electrons. The summed E-state index contributed by atoms with van der Waals surface area (Å²) in [5.74, 6) is 2.84. The number of hydrogen-bond acceptors (Lipinski definition) is 6. The minimum atomic E-state index is -0.129. The highest BCUT2D eigenvalue weighted by molar-refractivity contribution is 5.91. The predicted molar refractivity (Wildman–Crippen MR) is 108 cm³/mol. The van der Waals surface area contributed by atoms with Crippen LogP contribution in [-0.2, 0) is 6.54 Å². The van der Waals surface area contributed by atoms with Gasteiger partial charge in [0.25, 0.3) is 0 Å². The van der Waals surface area contributed by atoms with Crippen molar-refractivity contribution in [3.63, 3.8) is 0 Å². The van der Waals surface area contributed by atoms with Crippen LogP contribution in [0.15, 0.2) is 36.4 Å². The third-order valence-electron chi connectivity index (χ3n) is 5.15. The molecule has 2 aliphatic rings. The van der Waals surface area contributed by atoms with Crippen LogP contribution < -0.4 is 24.3 Å². The van der Waals surface area contributed by atoms with E-state index in [1.807, 2.05) is 17.0 Å². The van der Waals surface area contributed by atoms with E-state index in [0.717, 1.165) is 31.1 Å². The summed E-state index contributed by atoms with van der Waals surface area (Å²) in [5.41, 5.74) is 1.80. The molecule has 4 rings (SSSR count). The predicted octanol–water partition coefficient (Wildman–Crippen LogP) is 2.78. The number of methoxy groups -OCH3 is 2. The highest BCUT2D eigenvalue weighted by Crippen LogP contribution is 2.33. The zero-order chi connectivity index (χ0) is 20.2. The summed E-state index contributed by atoms with van der Waals surface area (Å²) in [6, 6.07) is 11.2. The number of piperazine rings is 1.